The summed E-state index contributed by atoms with van der Waals surface area (Å²) < 4.78 is 11.9. The van der Waals surface area contributed by atoms with Crippen LogP contribution in [0.3, 0.4) is 0 Å². The van der Waals surface area contributed by atoms with E-state index in [1.165, 1.54) is 5.92 Å². The monoisotopic (exact) mass is 85.0 g/mol. The highest BCUT2D eigenvalue weighted by Crippen LogP contribution is 2.57. The van der Waals surface area contributed by atoms with Crippen molar-refractivity contribution in [3.63, 3.8) is 0 Å². The molecule has 0 nitrogen and oxygen atoms in total. The average molecular weight is 85.1 g/mol. The summed E-state index contributed by atoms with van der Waals surface area (Å²) >= 11 is 0. The molecule has 0 aromatic rings. The number of hydrogen-bond acceptors (Lipinski definition) is 0. The van der Waals surface area contributed by atoms with Crippen molar-refractivity contribution in [3.8, 4) is 0 Å². The number of hydrogen-bond donors (Lipinski definition) is 0. The Hall–Kier alpha value is -0.0700. The minimum absolute atomic E-state index is 0.454. The third kappa shape index (κ3) is 0.133. The molecular formula is C5H6F. The second-order valence-corrected chi connectivity index (χ2v) is 2.23. The van der Waals surface area contributed by atoms with Crippen LogP contribution in [0.1, 0.15) is 12.8 Å². The third-order valence-electron chi connectivity index (χ3n) is 1.85. The van der Waals surface area contributed by atoms with Crippen LogP contribution < -0.4 is 0 Å². The van der Waals surface area contributed by atoms with Crippen molar-refractivity contribution in [3.05, 3.63) is 5.92 Å². The van der Waals surface area contributed by atoms with Gasteiger partial charge in [0.05, 0.1) is 0 Å². The predicted octanol–water partition coefficient (Wildman–Crippen LogP) is 1.32. The van der Waals surface area contributed by atoms with Gasteiger partial charge in [-0.2, -0.15) is 0 Å². The molecular weight excluding hydrogens is 79.1 g/mol. The summed E-state index contributed by atoms with van der Waals surface area (Å²) in [5.41, 5.74) is 0. The Bertz CT molecular complexity index is 66.0. The zero-order valence-corrected chi connectivity index (χ0v) is 3.45. The first-order valence-electron chi connectivity index (χ1n) is 2.36. The van der Waals surface area contributed by atoms with E-state index in [0.717, 1.165) is 12.8 Å². The minimum Gasteiger partial charge on any atom is -0.247 e. The van der Waals surface area contributed by atoms with Gasteiger partial charge in [-0.15, -0.1) is 0 Å². The van der Waals surface area contributed by atoms with Crippen LogP contribution >= 0.6 is 0 Å². The van der Waals surface area contributed by atoms with Gasteiger partial charge >= 0.3 is 0 Å². The molecule has 0 aromatic carbocycles. The third-order valence-corrected chi connectivity index (χ3v) is 1.85. The van der Waals surface area contributed by atoms with E-state index in [-0.39, 0.29) is 0 Å². The van der Waals surface area contributed by atoms with Crippen LogP contribution in [0.5, 0.6) is 0 Å². The molecule has 0 spiro atoms. The van der Waals surface area contributed by atoms with Crippen LogP contribution in [0, 0.1) is 11.8 Å². The molecule has 33 valence electrons. The highest BCUT2D eigenvalue weighted by atomic mass is 19.1. The molecule has 3 aliphatic rings. The minimum atomic E-state index is -0.454. The summed E-state index contributed by atoms with van der Waals surface area (Å²) in [5.74, 6) is 1.64. The number of halogens is 1. The van der Waals surface area contributed by atoms with Gasteiger partial charge in [-0.1, -0.05) is 0 Å². The molecule has 0 N–H and O–H groups in total. The van der Waals surface area contributed by atoms with Gasteiger partial charge in [-0.05, 0) is 18.8 Å². The summed E-state index contributed by atoms with van der Waals surface area (Å²) in [4.78, 5) is 0. The van der Waals surface area contributed by atoms with Crippen LogP contribution in [0.15, 0.2) is 0 Å². The maximum atomic E-state index is 11.9. The van der Waals surface area contributed by atoms with Crippen LogP contribution in [-0.4, -0.2) is 6.17 Å². The van der Waals surface area contributed by atoms with E-state index in [4.69, 9.17) is 0 Å². The first-order valence-corrected chi connectivity index (χ1v) is 2.36. The first-order chi connectivity index (χ1) is 2.88. The van der Waals surface area contributed by atoms with Crippen LogP contribution in [0.4, 0.5) is 4.39 Å². The molecule has 0 amide bonds. The largest absolute Gasteiger partial charge is 0.247 e. The van der Waals surface area contributed by atoms with Crippen molar-refractivity contribution in [2.75, 3.05) is 0 Å². The van der Waals surface area contributed by atoms with Crippen molar-refractivity contribution in [1.82, 2.24) is 0 Å². The highest BCUT2D eigenvalue weighted by Gasteiger charge is 2.53. The first kappa shape index (κ1) is 3.00. The van der Waals surface area contributed by atoms with Crippen LogP contribution in [-0.2, 0) is 0 Å². The molecule has 1 radical (unpaired) electrons. The quantitative estimate of drug-likeness (QED) is 0.416. The van der Waals surface area contributed by atoms with E-state index in [1.54, 1.807) is 0 Å². The molecule has 6 heavy (non-hydrogen) atoms. The zero-order valence-electron chi connectivity index (χ0n) is 3.45. The Morgan fingerprint density at radius 2 is 1.83 bits per heavy atom. The fourth-order valence-corrected chi connectivity index (χ4v) is 1.06. The lowest BCUT2D eigenvalue weighted by atomic mass is 9.54. The normalized spacial score (nSPS) is 53.5. The molecule has 3 fully saturated rings. The van der Waals surface area contributed by atoms with E-state index in [0.29, 0.717) is 5.92 Å². The molecule has 2 bridgehead atoms. The van der Waals surface area contributed by atoms with E-state index in [1.807, 2.05) is 0 Å². The Morgan fingerprint density at radius 3 is 1.83 bits per heavy atom. The fraction of sp³-hybridized carbons (Fsp3) is 0.800. The van der Waals surface area contributed by atoms with Crippen LogP contribution in [0.25, 0.3) is 0 Å². The van der Waals surface area contributed by atoms with Gasteiger partial charge in [0.1, 0.15) is 6.17 Å². The van der Waals surface area contributed by atoms with Gasteiger partial charge in [0.15, 0.2) is 0 Å². The molecule has 0 aliphatic heterocycles. The molecule has 1 unspecified atom stereocenters. The summed E-state index contributed by atoms with van der Waals surface area (Å²) in [6.45, 7) is 0. The van der Waals surface area contributed by atoms with Crippen molar-refractivity contribution >= 4 is 0 Å². The molecule has 0 heterocycles. The Morgan fingerprint density at radius 1 is 1.50 bits per heavy atom. The van der Waals surface area contributed by atoms with Crippen molar-refractivity contribution in [1.29, 1.82) is 0 Å². The summed E-state index contributed by atoms with van der Waals surface area (Å²) in [6, 6.07) is 0. The predicted molar refractivity (Wildman–Crippen MR) is 20.9 cm³/mol. The molecule has 3 saturated carbocycles. The second kappa shape index (κ2) is 0.637. The number of alkyl halides is 1. The van der Waals surface area contributed by atoms with E-state index in [2.05, 4.69) is 0 Å². The van der Waals surface area contributed by atoms with Gasteiger partial charge in [0, 0.05) is 5.92 Å². The zero-order chi connectivity index (χ0) is 4.15. The lowest BCUT2D eigenvalue weighted by molar-refractivity contribution is 0.0329. The maximum absolute atomic E-state index is 11.9. The second-order valence-electron chi connectivity index (χ2n) is 2.23. The van der Waals surface area contributed by atoms with E-state index >= 15 is 0 Å². The molecule has 3 aliphatic carbocycles. The van der Waals surface area contributed by atoms with E-state index in [9.17, 15) is 4.39 Å². The molecule has 1 atom stereocenters. The SMILES string of the molecule is FC1[C]2CC1C2. The Kier molecular flexibility index (Phi) is 0.319. The number of rotatable bonds is 0. The Labute approximate surface area is 36.4 Å². The summed E-state index contributed by atoms with van der Waals surface area (Å²) in [7, 11) is 0. The van der Waals surface area contributed by atoms with E-state index < -0.39 is 6.17 Å². The van der Waals surface area contributed by atoms with Crippen molar-refractivity contribution in [2.24, 2.45) is 5.92 Å². The lowest BCUT2D eigenvalue weighted by Gasteiger charge is -2.52. The molecule has 1 heteroatoms. The van der Waals surface area contributed by atoms with Gasteiger partial charge in [-0.25, -0.2) is 4.39 Å². The van der Waals surface area contributed by atoms with Gasteiger partial charge in [-0.3, -0.25) is 0 Å². The van der Waals surface area contributed by atoms with Gasteiger partial charge in [0.25, 0.3) is 0 Å². The summed E-state index contributed by atoms with van der Waals surface area (Å²) in [6.07, 6.45) is 1.77. The average Bonchev–Trinajstić information content (AvgIpc) is 1.28. The molecule has 3 rings (SSSR count). The van der Waals surface area contributed by atoms with Gasteiger partial charge < -0.3 is 0 Å². The fourth-order valence-electron chi connectivity index (χ4n) is 1.06. The highest BCUT2D eigenvalue weighted by molar-refractivity contribution is 5.25. The molecule has 0 saturated heterocycles. The topological polar surface area (TPSA) is 0 Å². The lowest BCUT2D eigenvalue weighted by Crippen LogP contribution is -2.50. The van der Waals surface area contributed by atoms with Gasteiger partial charge in [0.2, 0.25) is 0 Å². The standard InChI is InChI=1S/C5H6F/c6-5-3-1-4(5)2-3/h3,5H,1-2H2. The molecule has 0 aromatic heterocycles. The maximum Gasteiger partial charge on any atom is 0.109 e. The smallest absolute Gasteiger partial charge is 0.109 e. The van der Waals surface area contributed by atoms with Crippen LogP contribution in [0.2, 0.25) is 0 Å². The van der Waals surface area contributed by atoms with Crippen molar-refractivity contribution in [2.45, 2.75) is 19.0 Å². The van der Waals surface area contributed by atoms with Crippen molar-refractivity contribution < 1.29 is 4.39 Å². The summed E-state index contributed by atoms with van der Waals surface area (Å²) in [5, 5.41) is 0. The Balaban J connectivity index is 2.11.